The maximum atomic E-state index is 3.06. The molecule has 0 bridgehead atoms. The molecule has 0 aliphatic rings. The summed E-state index contributed by atoms with van der Waals surface area (Å²) in [5.41, 5.74) is 11.0. The van der Waals surface area contributed by atoms with E-state index in [2.05, 4.69) is 177 Å². The van der Waals surface area contributed by atoms with Crippen LogP contribution in [-0.2, 0) is 28.8 Å². The van der Waals surface area contributed by atoms with E-state index in [0.29, 0.717) is 5.92 Å². The van der Waals surface area contributed by atoms with Crippen LogP contribution in [0.1, 0.15) is 62.8 Å². The van der Waals surface area contributed by atoms with Crippen LogP contribution < -0.4 is 0 Å². The van der Waals surface area contributed by atoms with Gasteiger partial charge in [-0.3, -0.25) is 0 Å². The Kier molecular flexibility index (Phi) is 17.2. The van der Waals surface area contributed by atoms with Gasteiger partial charge in [0.05, 0.1) is 0 Å². The van der Waals surface area contributed by atoms with Crippen molar-refractivity contribution in [1.82, 2.24) is 0 Å². The second-order valence-electron chi connectivity index (χ2n) is 13.4. The topological polar surface area (TPSA) is 0 Å². The first kappa shape index (κ1) is 44.3. The van der Waals surface area contributed by atoms with Gasteiger partial charge in [0.15, 0.2) is 0 Å². The SMILES string of the molecule is CC(C)c1cc2c(-c3cccc4ccccc34)cccc2[cH-]1.Cc1cc2c(-c3ccc(C(C)(C)C)cc3)ccc(C)c2[cH-]1.Cl.Cl.[CH3-].[CH3-].[Si]=[Zr]. The number of hydrogen-bond acceptors (Lipinski definition) is 0. The molecule has 256 valence electrons. The third-order valence-corrected chi connectivity index (χ3v) is 8.83. The summed E-state index contributed by atoms with van der Waals surface area (Å²) in [7, 11) is 0. The Morgan fingerprint density at radius 2 is 1.20 bits per heavy atom. The van der Waals surface area contributed by atoms with Gasteiger partial charge in [0.2, 0.25) is 0 Å². The summed E-state index contributed by atoms with van der Waals surface area (Å²) in [5, 5.41) is 8.08. The number of hydrogen-bond donors (Lipinski definition) is 0. The number of benzene rings is 5. The summed E-state index contributed by atoms with van der Waals surface area (Å²) in [5.74, 6) is 0.563. The van der Waals surface area contributed by atoms with E-state index in [-0.39, 0.29) is 45.1 Å². The van der Waals surface area contributed by atoms with Gasteiger partial charge in [-0.2, -0.15) is 12.1 Å². The van der Waals surface area contributed by atoms with Crippen molar-refractivity contribution in [3.63, 3.8) is 0 Å². The third-order valence-electron chi connectivity index (χ3n) is 8.83. The van der Waals surface area contributed by atoms with Gasteiger partial charge in [-0.25, -0.2) is 0 Å². The predicted molar refractivity (Wildman–Crippen MR) is 223 cm³/mol. The number of aryl methyl sites for hydroxylation is 2. The summed E-state index contributed by atoms with van der Waals surface area (Å²) < 4.78 is 0. The second kappa shape index (κ2) is 19.0. The van der Waals surface area contributed by atoms with E-state index in [1.165, 1.54) is 100 Å². The van der Waals surface area contributed by atoms with Gasteiger partial charge < -0.3 is 14.9 Å². The zero-order valence-corrected chi connectivity index (χ0v) is 35.5. The molecular formula is C45H50Cl2SiZr-4. The van der Waals surface area contributed by atoms with Gasteiger partial charge in [-0.1, -0.05) is 138 Å². The van der Waals surface area contributed by atoms with Crippen molar-refractivity contribution in [3.8, 4) is 22.3 Å². The molecule has 0 nitrogen and oxygen atoms in total. The molecule has 0 spiro atoms. The van der Waals surface area contributed by atoms with Crippen molar-refractivity contribution in [2.45, 2.75) is 59.8 Å². The van der Waals surface area contributed by atoms with Crippen LogP contribution in [0.15, 0.2) is 121 Å². The molecule has 7 aromatic rings. The average molecular weight is 781 g/mol. The molecule has 0 aliphatic carbocycles. The Balaban J connectivity index is 0.000000433. The van der Waals surface area contributed by atoms with Crippen molar-refractivity contribution >= 4 is 64.0 Å². The summed E-state index contributed by atoms with van der Waals surface area (Å²) >= 11 is 1.36. The molecule has 2 radical (unpaired) electrons. The molecule has 0 atom stereocenters. The van der Waals surface area contributed by atoms with Crippen LogP contribution in [-0.4, -0.2) is 6.88 Å². The van der Waals surface area contributed by atoms with Crippen LogP contribution >= 0.6 is 24.8 Å². The Bertz CT molecular complexity index is 2070. The zero-order chi connectivity index (χ0) is 32.3. The summed E-state index contributed by atoms with van der Waals surface area (Å²) in [6.45, 7) is 18.7. The van der Waals surface area contributed by atoms with Crippen molar-refractivity contribution < 1.29 is 23.3 Å². The molecule has 49 heavy (non-hydrogen) atoms. The molecule has 0 saturated heterocycles. The minimum atomic E-state index is 0. The standard InChI is InChI=1S/C22H19.C21H23.2CH3.2ClH.Si.Zr/c1-15(2)18-13-17-9-6-12-21(22(17)14-18)20-11-5-8-16-7-3-4-10-19(16)20;1-14-12-19-15(2)6-11-18(20(19)13-14)16-7-9-17(10-8-16)21(3,4)5;;;;;;/h3-15H,1-2H3;6-13H,1-5H3;2*1H3;2*1H;;/q4*-1;;;;. The molecule has 0 heterocycles. The van der Waals surface area contributed by atoms with E-state index >= 15 is 0 Å². The summed E-state index contributed by atoms with van der Waals surface area (Å²) in [6, 6.07) is 44.6. The predicted octanol–water partition coefficient (Wildman–Crippen LogP) is 14.0. The first-order valence-corrected chi connectivity index (χ1v) is 20.0. The molecule has 0 unspecified atom stereocenters. The van der Waals surface area contributed by atoms with Crippen LogP contribution in [0, 0.1) is 28.7 Å². The van der Waals surface area contributed by atoms with E-state index in [9.17, 15) is 0 Å². The van der Waals surface area contributed by atoms with Crippen LogP contribution in [0.2, 0.25) is 0 Å². The fourth-order valence-corrected chi connectivity index (χ4v) is 6.28. The molecule has 7 rings (SSSR count). The third kappa shape index (κ3) is 9.74. The summed E-state index contributed by atoms with van der Waals surface area (Å²) in [6.07, 6.45) is 0. The second-order valence-corrected chi connectivity index (χ2v) is 13.4. The first-order chi connectivity index (χ1) is 21.6. The first-order valence-electron chi connectivity index (χ1n) is 15.8. The Morgan fingerprint density at radius 3 is 1.84 bits per heavy atom. The number of rotatable bonds is 3. The molecular weight excluding hydrogens is 731 g/mol. The fourth-order valence-electron chi connectivity index (χ4n) is 6.28. The zero-order valence-electron chi connectivity index (χ0n) is 30.4. The summed E-state index contributed by atoms with van der Waals surface area (Å²) in [4.78, 5) is 0. The molecule has 0 aromatic heterocycles. The Hall–Kier alpha value is -2.74. The van der Waals surface area contributed by atoms with Gasteiger partial charge in [0.25, 0.3) is 0 Å². The molecule has 0 fully saturated rings. The molecule has 7 aromatic carbocycles. The van der Waals surface area contributed by atoms with Crippen molar-refractivity contribution in [3.05, 3.63) is 158 Å². The van der Waals surface area contributed by atoms with Gasteiger partial charge in [0, 0.05) is 0 Å². The monoisotopic (exact) mass is 778 g/mol. The molecule has 0 saturated carbocycles. The van der Waals surface area contributed by atoms with Crippen molar-refractivity contribution in [2.24, 2.45) is 0 Å². The molecule has 4 heteroatoms. The normalized spacial score (nSPS) is 10.4. The molecule has 0 N–H and O–H groups in total. The van der Waals surface area contributed by atoms with Crippen molar-refractivity contribution in [1.29, 1.82) is 0 Å². The Labute approximate surface area is 325 Å². The fraction of sp³-hybridized carbons (Fsp3) is 0.200. The molecule has 0 amide bonds. The van der Waals surface area contributed by atoms with Gasteiger partial charge in [-0.15, -0.1) is 93.4 Å². The van der Waals surface area contributed by atoms with Crippen LogP contribution in [0.25, 0.3) is 54.6 Å². The average Bonchev–Trinajstić information content (AvgIpc) is 3.66. The quantitative estimate of drug-likeness (QED) is 0.124. The van der Waals surface area contributed by atoms with E-state index < -0.39 is 0 Å². The number of halogens is 2. The van der Waals surface area contributed by atoms with E-state index in [4.69, 9.17) is 0 Å². The molecule has 0 aliphatic heterocycles. The Morgan fingerprint density at radius 1 is 0.612 bits per heavy atom. The van der Waals surface area contributed by atoms with Crippen LogP contribution in [0.3, 0.4) is 0 Å². The maximum absolute atomic E-state index is 3.06. The number of fused-ring (bicyclic) bond motifs is 3. The van der Waals surface area contributed by atoms with E-state index in [1.807, 2.05) is 0 Å². The van der Waals surface area contributed by atoms with Crippen LogP contribution in [0.4, 0.5) is 0 Å². The van der Waals surface area contributed by atoms with E-state index in [1.54, 1.807) is 0 Å². The van der Waals surface area contributed by atoms with Gasteiger partial charge in [0.1, 0.15) is 0 Å². The van der Waals surface area contributed by atoms with Gasteiger partial charge in [-0.05, 0) is 38.8 Å². The van der Waals surface area contributed by atoms with Gasteiger partial charge >= 0.3 is 30.2 Å². The van der Waals surface area contributed by atoms with Crippen molar-refractivity contribution in [2.75, 3.05) is 0 Å². The van der Waals surface area contributed by atoms with Crippen LogP contribution in [0.5, 0.6) is 0 Å². The van der Waals surface area contributed by atoms with E-state index in [0.717, 1.165) is 0 Å². The minimum absolute atomic E-state index is 0.